The number of nitrogen functional groups attached to an aromatic ring is 1. The fourth-order valence-corrected chi connectivity index (χ4v) is 2.15. The third-order valence-corrected chi connectivity index (χ3v) is 3.61. The number of primary amides is 1. The maximum Gasteiger partial charge on any atom is 0.248 e. The molecule has 0 bridgehead atoms. The van der Waals surface area contributed by atoms with Gasteiger partial charge in [-0.25, -0.2) is 0 Å². The van der Waals surface area contributed by atoms with Crippen LogP contribution in [0.4, 0.5) is 11.4 Å². The van der Waals surface area contributed by atoms with Crippen LogP contribution in [0.25, 0.3) is 0 Å². The number of carbonyl (C=O) groups is 1. The Balaban J connectivity index is 2.99. The van der Waals surface area contributed by atoms with Crippen molar-refractivity contribution in [3.05, 3.63) is 23.8 Å². The molecule has 0 atom stereocenters. The average Bonchev–Trinajstić information content (AvgIpc) is 2.39. The van der Waals surface area contributed by atoms with Gasteiger partial charge in [-0.1, -0.05) is 27.7 Å². The molecule has 1 amide bonds. The zero-order chi connectivity index (χ0) is 16.0. The van der Waals surface area contributed by atoms with E-state index in [0.717, 1.165) is 31.6 Å². The van der Waals surface area contributed by atoms with E-state index in [1.807, 2.05) is 6.07 Å². The summed E-state index contributed by atoms with van der Waals surface area (Å²) in [7, 11) is 0. The van der Waals surface area contributed by atoms with Gasteiger partial charge in [-0.3, -0.25) is 4.79 Å². The van der Waals surface area contributed by atoms with E-state index >= 15 is 0 Å². The van der Waals surface area contributed by atoms with Gasteiger partial charge >= 0.3 is 0 Å². The molecule has 0 aromatic heterocycles. The molecule has 0 saturated carbocycles. The van der Waals surface area contributed by atoms with Crippen molar-refractivity contribution in [2.45, 2.75) is 40.5 Å². The minimum atomic E-state index is -0.413. The Bertz CT molecular complexity index is 457. The summed E-state index contributed by atoms with van der Waals surface area (Å²) in [5.41, 5.74) is 13.6. The maximum atomic E-state index is 11.4. The molecule has 1 aromatic carbocycles. The molecule has 0 aliphatic heterocycles. The molecule has 0 aliphatic rings. The monoisotopic (exact) mass is 291 g/mol. The highest BCUT2D eigenvalue weighted by atomic mass is 16.1. The number of nitrogens with two attached hydrogens (primary N) is 2. The van der Waals surface area contributed by atoms with Gasteiger partial charge in [-0.15, -0.1) is 0 Å². The summed E-state index contributed by atoms with van der Waals surface area (Å²) in [5.74, 6) is 0.850. The molecule has 0 heterocycles. The van der Waals surface area contributed by atoms with Crippen molar-refractivity contribution < 1.29 is 4.79 Å². The van der Waals surface area contributed by atoms with Crippen LogP contribution in [0.1, 0.15) is 50.9 Å². The predicted octanol–water partition coefficient (Wildman–Crippen LogP) is 3.27. The number of benzene rings is 1. The quantitative estimate of drug-likeness (QED) is 0.722. The number of anilines is 2. The van der Waals surface area contributed by atoms with Crippen molar-refractivity contribution in [2.75, 3.05) is 23.7 Å². The first kappa shape index (κ1) is 17.3. The van der Waals surface area contributed by atoms with E-state index in [1.165, 1.54) is 0 Å². The number of hydrogen-bond acceptors (Lipinski definition) is 3. The Morgan fingerprint density at radius 1 is 1.10 bits per heavy atom. The van der Waals surface area contributed by atoms with Crippen molar-refractivity contribution >= 4 is 17.3 Å². The Kier molecular flexibility index (Phi) is 6.53. The molecule has 4 heteroatoms. The third kappa shape index (κ3) is 5.66. The summed E-state index contributed by atoms with van der Waals surface area (Å²) in [5, 5.41) is 0. The van der Waals surface area contributed by atoms with Crippen LogP contribution >= 0.6 is 0 Å². The van der Waals surface area contributed by atoms with Crippen LogP contribution in [0.5, 0.6) is 0 Å². The molecule has 0 saturated heterocycles. The first-order chi connectivity index (χ1) is 9.81. The fourth-order valence-electron chi connectivity index (χ4n) is 2.15. The van der Waals surface area contributed by atoms with Gasteiger partial charge in [0.05, 0.1) is 11.4 Å². The second kappa shape index (κ2) is 7.91. The van der Waals surface area contributed by atoms with Crippen LogP contribution in [-0.4, -0.2) is 19.0 Å². The molecule has 0 spiro atoms. The van der Waals surface area contributed by atoms with Gasteiger partial charge in [0.1, 0.15) is 0 Å². The predicted molar refractivity (Wildman–Crippen MR) is 90.5 cm³/mol. The summed E-state index contributed by atoms with van der Waals surface area (Å²) in [4.78, 5) is 13.7. The van der Waals surface area contributed by atoms with Crippen molar-refractivity contribution in [3.8, 4) is 0 Å². The number of amides is 1. The smallest absolute Gasteiger partial charge is 0.248 e. The van der Waals surface area contributed by atoms with E-state index in [9.17, 15) is 4.79 Å². The lowest BCUT2D eigenvalue weighted by Gasteiger charge is -2.28. The van der Waals surface area contributed by atoms with E-state index in [-0.39, 0.29) is 0 Å². The first-order valence-corrected chi connectivity index (χ1v) is 7.75. The second-order valence-corrected chi connectivity index (χ2v) is 6.49. The summed E-state index contributed by atoms with van der Waals surface area (Å²) < 4.78 is 0. The summed E-state index contributed by atoms with van der Waals surface area (Å²) in [6.45, 7) is 10.7. The van der Waals surface area contributed by atoms with Gasteiger partial charge < -0.3 is 16.4 Å². The van der Waals surface area contributed by atoms with Crippen LogP contribution in [0, 0.1) is 11.8 Å². The van der Waals surface area contributed by atoms with Gasteiger partial charge in [0.25, 0.3) is 0 Å². The number of hydrogen-bond donors (Lipinski definition) is 2. The highest BCUT2D eigenvalue weighted by molar-refractivity contribution is 5.95. The van der Waals surface area contributed by atoms with Crippen LogP contribution in [0.3, 0.4) is 0 Å². The van der Waals surface area contributed by atoms with Crippen LogP contribution in [0.2, 0.25) is 0 Å². The standard InChI is InChI=1S/C17H29N3O/c1-12(2)7-9-20(10-8-13(3)4)16-11-14(17(19)21)5-6-15(16)18/h5-6,11-13H,7-10,18H2,1-4H3,(H2,19,21). The van der Waals surface area contributed by atoms with Crippen LogP contribution in [-0.2, 0) is 0 Å². The minimum Gasteiger partial charge on any atom is -0.397 e. The molecule has 1 aromatic rings. The minimum absolute atomic E-state index is 0.413. The highest BCUT2D eigenvalue weighted by Gasteiger charge is 2.13. The number of carbonyl (C=O) groups excluding carboxylic acids is 1. The lowest BCUT2D eigenvalue weighted by atomic mass is 10.1. The zero-order valence-corrected chi connectivity index (χ0v) is 13.7. The molecular formula is C17H29N3O. The Hall–Kier alpha value is -1.71. The lowest BCUT2D eigenvalue weighted by molar-refractivity contribution is 0.100. The summed E-state index contributed by atoms with van der Waals surface area (Å²) in [6.07, 6.45) is 2.19. The Morgan fingerprint density at radius 3 is 2.05 bits per heavy atom. The van der Waals surface area contributed by atoms with E-state index < -0.39 is 5.91 Å². The number of nitrogens with zero attached hydrogens (tertiary/aromatic N) is 1. The topological polar surface area (TPSA) is 72.3 Å². The molecular weight excluding hydrogens is 262 g/mol. The SMILES string of the molecule is CC(C)CCN(CCC(C)C)c1cc(C(N)=O)ccc1N. The largest absolute Gasteiger partial charge is 0.397 e. The zero-order valence-electron chi connectivity index (χ0n) is 13.7. The van der Waals surface area contributed by atoms with Gasteiger partial charge in [0, 0.05) is 18.7 Å². The van der Waals surface area contributed by atoms with Gasteiger partial charge in [0.2, 0.25) is 5.91 Å². The molecule has 0 unspecified atom stereocenters. The van der Waals surface area contributed by atoms with E-state index in [1.54, 1.807) is 12.1 Å². The highest BCUT2D eigenvalue weighted by Crippen LogP contribution is 2.26. The van der Waals surface area contributed by atoms with Crippen LogP contribution < -0.4 is 16.4 Å². The third-order valence-electron chi connectivity index (χ3n) is 3.61. The molecule has 0 fully saturated rings. The van der Waals surface area contributed by atoms with Crippen molar-refractivity contribution in [2.24, 2.45) is 17.6 Å². The van der Waals surface area contributed by atoms with Crippen LogP contribution in [0.15, 0.2) is 18.2 Å². The molecule has 4 N–H and O–H groups in total. The molecule has 1 rings (SSSR count). The summed E-state index contributed by atoms with van der Waals surface area (Å²) in [6, 6.07) is 5.27. The molecule has 21 heavy (non-hydrogen) atoms. The van der Waals surface area contributed by atoms with Gasteiger partial charge in [-0.2, -0.15) is 0 Å². The van der Waals surface area contributed by atoms with Gasteiger partial charge in [-0.05, 0) is 42.9 Å². The first-order valence-electron chi connectivity index (χ1n) is 7.75. The maximum absolute atomic E-state index is 11.4. The molecule has 0 radical (unpaired) electrons. The summed E-state index contributed by atoms with van der Waals surface area (Å²) >= 11 is 0. The molecule has 118 valence electrons. The average molecular weight is 291 g/mol. The van der Waals surface area contributed by atoms with Crippen molar-refractivity contribution in [1.82, 2.24) is 0 Å². The van der Waals surface area contributed by atoms with Crippen molar-refractivity contribution in [1.29, 1.82) is 0 Å². The van der Waals surface area contributed by atoms with E-state index in [0.29, 0.717) is 23.1 Å². The number of rotatable bonds is 8. The van der Waals surface area contributed by atoms with Gasteiger partial charge in [0.15, 0.2) is 0 Å². The van der Waals surface area contributed by atoms with E-state index in [2.05, 4.69) is 32.6 Å². The normalized spacial score (nSPS) is 11.1. The second-order valence-electron chi connectivity index (χ2n) is 6.49. The fraction of sp³-hybridized carbons (Fsp3) is 0.588. The van der Waals surface area contributed by atoms with Crippen molar-refractivity contribution in [3.63, 3.8) is 0 Å². The molecule has 0 aliphatic carbocycles. The molecule has 4 nitrogen and oxygen atoms in total. The Morgan fingerprint density at radius 2 is 1.62 bits per heavy atom. The van der Waals surface area contributed by atoms with E-state index in [4.69, 9.17) is 11.5 Å². The lowest BCUT2D eigenvalue weighted by Crippen LogP contribution is -2.28. The Labute approximate surface area is 128 Å².